The molecular weight excluding hydrogens is 378 g/mol. The van der Waals surface area contributed by atoms with Crippen LogP contribution in [-0.4, -0.2) is 46.8 Å². The van der Waals surface area contributed by atoms with E-state index in [1.807, 2.05) is 12.1 Å². The van der Waals surface area contributed by atoms with Gasteiger partial charge in [0, 0.05) is 18.6 Å². The number of hydrogen-bond acceptors (Lipinski definition) is 3. The number of rotatable bonds is 4. The van der Waals surface area contributed by atoms with Crippen molar-refractivity contribution < 1.29 is 14.4 Å². The topological polar surface area (TPSA) is 69.7 Å². The molecule has 0 bridgehead atoms. The van der Waals surface area contributed by atoms with Gasteiger partial charge in [0.05, 0.1) is 0 Å². The van der Waals surface area contributed by atoms with Crippen LogP contribution >= 0.6 is 11.6 Å². The van der Waals surface area contributed by atoms with Crippen molar-refractivity contribution in [2.45, 2.75) is 52.1 Å². The lowest BCUT2D eigenvalue weighted by molar-refractivity contribution is -0.140. The third kappa shape index (κ3) is 4.17. The van der Waals surface area contributed by atoms with Crippen molar-refractivity contribution in [3.63, 3.8) is 0 Å². The second-order valence-electron chi connectivity index (χ2n) is 9.13. The van der Waals surface area contributed by atoms with E-state index < -0.39 is 11.6 Å². The van der Waals surface area contributed by atoms with E-state index in [4.69, 9.17) is 11.6 Å². The Hall–Kier alpha value is -2.08. The molecule has 6 nitrogen and oxygen atoms in total. The minimum absolute atomic E-state index is 0.0357. The summed E-state index contributed by atoms with van der Waals surface area (Å²) in [6, 6.07) is 6.76. The summed E-state index contributed by atoms with van der Waals surface area (Å²) in [6.45, 7) is 6.49. The zero-order chi connectivity index (χ0) is 20.7. The molecule has 2 aliphatic rings. The molecule has 1 heterocycles. The van der Waals surface area contributed by atoms with E-state index in [1.165, 1.54) is 4.90 Å². The Morgan fingerprint density at radius 2 is 1.89 bits per heavy atom. The van der Waals surface area contributed by atoms with Gasteiger partial charge in [0.15, 0.2) is 0 Å². The van der Waals surface area contributed by atoms with Gasteiger partial charge in [-0.1, -0.05) is 44.5 Å². The zero-order valence-corrected chi connectivity index (χ0v) is 17.7. The molecule has 2 atom stereocenters. The second-order valence-corrected chi connectivity index (χ2v) is 9.57. The van der Waals surface area contributed by atoms with Gasteiger partial charge in [0.2, 0.25) is 5.91 Å². The first-order valence-corrected chi connectivity index (χ1v) is 10.0. The summed E-state index contributed by atoms with van der Waals surface area (Å²) in [5.74, 6) is -0.222. The highest BCUT2D eigenvalue weighted by Gasteiger charge is 2.56. The number of nitrogens with zero attached hydrogens (tertiary/aromatic N) is 2. The maximum absolute atomic E-state index is 13.1. The van der Waals surface area contributed by atoms with Crippen LogP contribution < -0.4 is 5.32 Å². The predicted octanol–water partition coefficient (Wildman–Crippen LogP) is 3.44. The molecule has 4 amide bonds. The van der Waals surface area contributed by atoms with Gasteiger partial charge in [0.25, 0.3) is 5.91 Å². The molecule has 1 N–H and O–H groups in total. The summed E-state index contributed by atoms with van der Waals surface area (Å²) in [5.41, 5.74) is 0.0102. The maximum Gasteiger partial charge on any atom is 0.325 e. The first kappa shape index (κ1) is 20.6. The minimum atomic E-state index is -0.882. The largest absolute Gasteiger partial charge is 0.340 e. The van der Waals surface area contributed by atoms with Crippen LogP contribution in [0.4, 0.5) is 4.79 Å². The molecule has 1 saturated carbocycles. The molecule has 2 fully saturated rings. The summed E-state index contributed by atoms with van der Waals surface area (Å²) in [7, 11) is 1.66. The number of likely N-dealkylation sites (N-methyl/N-ethyl adjacent to an activating group) is 1. The number of benzene rings is 1. The van der Waals surface area contributed by atoms with Crippen molar-refractivity contribution in [2.24, 2.45) is 11.3 Å². The molecule has 1 aromatic carbocycles. The smallest absolute Gasteiger partial charge is 0.325 e. The fourth-order valence-electron chi connectivity index (χ4n) is 4.86. The van der Waals surface area contributed by atoms with Gasteiger partial charge < -0.3 is 10.2 Å². The maximum atomic E-state index is 13.1. The van der Waals surface area contributed by atoms with Crippen molar-refractivity contribution in [3.8, 4) is 0 Å². The van der Waals surface area contributed by atoms with Crippen LogP contribution in [0.1, 0.15) is 45.6 Å². The van der Waals surface area contributed by atoms with Crippen LogP contribution in [0.2, 0.25) is 5.02 Å². The van der Waals surface area contributed by atoms with Gasteiger partial charge in [-0.3, -0.25) is 14.5 Å². The minimum Gasteiger partial charge on any atom is -0.340 e. The number of amides is 4. The van der Waals surface area contributed by atoms with E-state index in [-0.39, 0.29) is 23.8 Å². The Morgan fingerprint density at radius 3 is 2.50 bits per heavy atom. The molecule has 0 radical (unpaired) electrons. The molecule has 28 heavy (non-hydrogen) atoms. The third-order valence-corrected chi connectivity index (χ3v) is 5.93. The first-order chi connectivity index (χ1) is 13.0. The Balaban J connectivity index is 1.68. The second kappa shape index (κ2) is 7.39. The van der Waals surface area contributed by atoms with E-state index in [1.54, 1.807) is 19.2 Å². The van der Waals surface area contributed by atoms with Crippen molar-refractivity contribution in [3.05, 3.63) is 34.9 Å². The highest BCUT2D eigenvalue weighted by Crippen LogP contribution is 2.46. The van der Waals surface area contributed by atoms with Gasteiger partial charge in [0.1, 0.15) is 12.1 Å². The summed E-state index contributed by atoms with van der Waals surface area (Å²) >= 11 is 5.89. The third-order valence-electron chi connectivity index (χ3n) is 5.68. The lowest BCUT2D eigenvalue weighted by atomic mass is 9.64. The van der Waals surface area contributed by atoms with Gasteiger partial charge in [-0.15, -0.1) is 0 Å². The Morgan fingerprint density at radius 1 is 1.25 bits per heavy atom. The number of nitrogens with one attached hydrogen (secondary N) is 1. The van der Waals surface area contributed by atoms with E-state index in [9.17, 15) is 14.4 Å². The molecule has 7 heteroatoms. The van der Waals surface area contributed by atoms with Crippen LogP contribution in [0.3, 0.4) is 0 Å². The number of halogens is 1. The highest BCUT2D eigenvalue weighted by atomic mass is 35.5. The quantitative estimate of drug-likeness (QED) is 0.780. The molecule has 1 aliphatic carbocycles. The SMILES string of the molecule is CC1CC(C)(C)CC2(C1)NC(=O)N(CC(=O)N(C)Cc1ccc(Cl)cc1)C2=O. The molecule has 0 aromatic heterocycles. The number of carbonyl (C=O) groups is 3. The average Bonchev–Trinajstić information content (AvgIpc) is 2.78. The summed E-state index contributed by atoms with van der Waals surface area (Å²) in [4.78, 5) is 40.9. The first-order valence-electron chi connectivity index (χ1n) is 9.64. The van der Waals surface area contributed by atoms with Crippen LogP contribution in [0, 0.1) is 11.3 Å². The fraction of sp³-hybridized carbons (Fsp3) is 0.571. The summed E-state index contributed by atoms with van der Waals surface area (Å²) < 4.78 is 0. The summed E-state index contributed by atoms with van der Waals surface area (Å²) in [6.07, 6.45) is 2.23. The molecule has 152 valence electrons. The number of carbonyl (C=O) groups excluding carboxylic acids is 3. The van der Waals surface area contributed by atoms with Crippen molar-refractivity contribution in [1.82, 2.24) is 15.1 Å². The lowest BCUT2D eigenvalue weighted by Gasteiger charge is -2.43. The number of hydrogen-bond donors (Lipinski definition) is 1. The van der Waals surface area contributed by atoms with E-state index in [0.717, 1.165) is 16.9 Å². The monoisotopic (exact) mass is 405 g/mol. The molecule has 3 rings (SSSR count). The highest BCUT2D eigenvalue weighted by molar-refractivity contribution is 6.30. The van der Waals surface area contributed by atoms with E-state index in [2.05, 4.69) is 26.1 Å². The Labute approximate surface area is 171 Å². The molecule has 1 saturated heterocycles. The molecule has 1 aliphatic heterocycles. The van der Waals surface area contributed by atoms with Gasteiger partial charge in [-0.2, -0.15) is 0 Å². The molecule has 1 spiro atoms. The van der Waals surface area contributed by atoms with Crippen LogP contribution in [0.15, 0.2) is 24.3 Å². The standard InChI is InChI=1S/C21H28ClN3O3/c1-14-9-20(2,3)13-21(10-14)18(27)25(19(28)23-21)12-17(26)24(4)11-15-5-7-16(22)8-6-15/h5-8,14H,9-13H2,1-4H3,(H,23,28). The van der Waals surface area contributed by atoms with Crippen molar-refractivity contribution >= 4 is 29.4 Å². The zero-order valence-electron chi connectivity index (χ0n) is 16.9. The van der Waals surface area contributed by atoms with E-state index >= 15 is 0 Å². The predicted molar refractivity (Wildman–Crippen MR) is 108 cm³/mol. The van der Waals surface area contributed by atoms with Crippen LogP contribution in [0.5, 0.6) is 0 Å². The summed E-state index contributed by atoms with van der Waals surface area (Å²) in [5, 5.41) is 3.54. The number of urea groups is 1. The van der Waals surface area contributed by atoms with Gasteiger partial charge in [-0.25, -0.2) is 4.79 Å². The normalized spacial score (nSPS) is 26.5. The van der Waals surface area contributed by atoms with Crippen molar-refractivity contribution in [1.29, 1.82) is 0 Å². The molecule has 2 unspecified atom stereocenters. The van der Waals surface area contributed by atoms with Crippen molar-refractivity contribution in [2.75, 3.05) is 13.6 Å². The fourth-order valence-corrected chi connectivity index (χ4v) is 4.98. The molecular formula is C21H28ClN3O3. The molecule has 1 aromatic rings. The van der Waals surface area contributed by atoms with Crippen LogP contribution in [0.25, 0.3) is 0 Å². The Kier molecular flexibility index (Phi) is 5.45. The van der Waals surface area contributed by atoms with E-state index in [0.29, 0.717) is 30.3 Å². The lowest BCUT2D eigenvalue weighted by Crippen LogP contribution is -2.54. The van der Waals surface area contributed by atoms with Gasteiger partial charge >= 0.3 is 6.03 Å². The Bertz CT molecular complexity index is 793. The average molecular weight is 406 g/mol. The van der Waals surface area contributed by atoms with Crippen LogP contribution in [-0.2, 0) is 16.1 Å². The van der Waals surface area contributed by atoms with Gasteiger partial charge in [-0.05, 0) is 48.3 Å². The number of imide groups is 1.